The molecule has 0 aliphatic carbocycles. The quantitative estimate of drug-likeness (QED) is 0.551. The molecule has 0 spiro atoms. The van der Waals surface area contributed by atoms with Gasteiger partial charge in [-0.05, 0) is 46.5 Å². The molecule has 0 aliphatic rings. The van der Waals surface area contributed by atoms with E-state index in [1.807, 2.05) is 47.9 Å². The Balaban J connectivity index is 2.27. The lowest BCUT2D eigenvalue weighted by Crippen LogP contribution is -1.89. The lowest BCUT2D eigenvalue weighted by Gasteiger charge is -2.10. The third-order valence-corrected chi connectivity index (χ3v) is 4.80. The van der Waals surface area contributed by atoms with E-state index in [4.69, 9.17) is 4.74 Å². The average Bonchev–Trinajstić information content (AvgIpc) is 3.06. The van der Waals surface area contributed by atoms with E-state index in [0.29, 0.717) is 5.57 Å². The van der Waals surface area contributed by atoms with Gasteiger partial charge in [0.2, 0.25) is 0 Å². The fraction of sp³-hybridized carbons (Fsp3) is 0.0556. The zero-order chi connectivity index (χ0) is 15.5. The standard InChI is InChI=1S/C18H12BrNOS/c1-21-17-7-4-12-9-14(19)5-6-15(12)16(17)10-13(11-20)18-3-2-8-22-18/h2-10H,1H3/b13-10+. The first-order valence-corrected chi connectivity index (χ1v) is 8.32. The van der Waals surface area contributed by atoms with Crippen LogP contribution in [0.25, 0.3) is 22.4 Å². The maximum absolute atomic E-state index is 9.48. The van der Waals surface area contributed by atoms with Crippen molar-refractivity contribution in [2.75, 3.05) is 7.11 Å². The monoisotopic (exact) mass is 369 g/mol. The third-order valence-electron chi connectivity index (χ3n) is 3.40. The predicted molar refractivity (Wildman–Crippen MR) is 96.0 cm³/mol. The second-order valence-electron chi connectivity index (χ2n) is 4.69. The number of halogens is 1. The van der Waals surface area contributed by atoms with E-state index < -0.39 is 0 Å². The fourth-order valence-corrected chi connectivity index (χ4v) is 3.44. The lowest BCUT2D eigenvalue weighted by molar-refractivity contribution is 0.414. The molecule has 0 amide bonds. The van der Waals surface area contributed by atoms with Crippen LogP contribution in [0.4, 0.5) is 0 Å². The van der Waals surface area contributed by atoms with Gasteiger partial charge in [0.15, 0.2) is 0 Å². The first-order chi connectivity index (χ1) is 10.7. The fourth-order valence-electron chi connectivity index (χ4n) is 2.37. The normalized spacial score (nSPS) is 11.4. The van der Waals surface area contributed by atoms with Crippen LogP contribution in [0.3, 0.4) is 0 Å². The Morgan fingerprint density at radius 2 is 2.14 bits per heavy atom. The van der Waals surface area contributed by atoms with Gasteiger partial charge in [-0.3, -0.25) is 0 Å². The van der Waals surface area contributed by atoms with E-state index >= 15 is 0 Å². The van der Waals surface area contributed by atoms with E-state index in [-0.39, 0.29) is 0 Å². The van der Waals surface area contributed by atoms with Gasteiger partial charge in [-0.2, -0.15) is 5.26 Å². The van der Waals surface area contributed by atoms with Crippen molar-refractivity contribution in [1.29, 1.82) is 5.26 Å². The van der Waals surface area contributed by atoms with Crippen LogP contribution in [0, 0.1) is 11.3 Å². The van der Waals surface area contributed by atoms with Crippen molar-refractivity contribution < 1.29 is 4.74 Å². The molecule has 1 heterocycles. The molecule has 108 valence electrons. The molecule has 0 saturated carbocycles. The third kappa shape index (κ3) is 2.78. The van der Waals surface area contributed by atoms with E-state index in [2.05, 4.69) is 28.1 Å². The minimum absolute atomic E-state index is 0.642. The van der Waals surface area contributed by atoms with Crippen molar-refractivity contribution >= 4 is 49.7 Å². The lowest BCUT2D eigenvalue weighted by atomic mass is 10.0. The molecule has 2 nitrogen and oxygen atoms in total. The summed E-state index contributed by atoms with van der Waals surface area (Å²) < 4.78 is 6.51. The number of ether oxygens (including phenoxy) is 1. The van der Waals surface area contributed by atoms with Crippen LogP contribution in [0.5, 0.6) is 5.75 Å². The first kappa shape index (κ1) is 14.8. The highest BCUT2D eigenvalue weighted by Crippen LogP contribution is 2.33. The molecule has 4 heteroatoms. The molecule has 3 aromatic rings. The van der Waals surface area contributed by atoms with Gasteiger partial charge in [0.1, 0.15) is 11.8 Å². The van der Waals surface area contributed by atoms with Gasteiger partial charge in [0.05, 0.1) is 12.7 Å². The molecule has 0 N–H and O–H groups in total. The van der Waals surface area contributed by atoms with Crippen LogP contribution in [-0.2, 0) is 0 Å². The van der Waals surface area contributed by atoms with Gasteiger partial charge in [-0.15, -0.1) is 11.3 Å². The topological polar surface area (TPSA) is 33.0 Å². The maximum atomic E-state index is 9.48. The van der Waals surface area contributed by atoms with Gasteiger partial charge in [-0.25, -0.2) is 0 Å². The Kier molecular flexibility index (Phi) is 4.28. The number of allylic oxidation sites excluding steroid dienone is 1. The highest BCUT2D eigenvalue weighted by Gasteiger charge is 2.10. The van der Waals surface area contributed by atoms with Crippen molar-refractivity contribution in [2.24, 2.45) is 0 Å². The Hall–Kier alpha value is -2.09. The number of hydrogen-bond acceptors (Lipinski definition) is 3. The summed E-state index contributed by atoms with van der Waals surface area (Å²) in [4.78, 5) is 0.957. The van der Waals surface area contributed by atoms with E-state index in [1.54, 1.807) is 18.4 Å². The SMILES string of the molecule is COc1ccc2cc(Br)ccc2c1/C=C(\C#N)c1cccs1. The van der Waals surface area contributed by atoms with Crippen LogP contribution in [0.2, 0.25) is 0 Å². The number of methoxy groups -OCH3 is 1. The summed E-state index contributed by atoms with van der Waals surface area (Å²) >= 11 is 5.05. The van der Waals surface area contributed by atoms with Gasteiger partial charge in [0, 0.05) is 14.9 Å². The summed E-state index contributed by atoms with van der Waals surface area (Å²) in [6.07, 6.45) is 1.90. The molecular formula is C18H12BrNOS. The van der Waals surface area contributed by atoms with E-state index in [1.165, 1.54) is 0 Å². The van der Waals surface area contributed by atoms with Crippen molar-refractivity contribution in [1.82, 2.24) is 0 Å². The van der Waals surface area contributed by atoms with E-state index in [9.17, 15) is 5.26 Å². The molecule has 2 aromatic carbocycles. The second-order valence-corrected chi connectivity index (χ2v) is 6.56. The molecule has 1 aromatic heterocycles. The van der Waals surface area contributed by atoms with Gasteiger partial charge < -0.3 is 4.74 Å². The summed E-state index contributed by atoms with van der Waals surface area (Å²) in [6, 6.07) is 16.2. The molecule has 0 aliphatic heterocycles. The Bertz CT molecular complexity index is 891. The van der Waals surface area contributed by atoms with Crippen LogP contribution in [-0.4, -0.2) is 7.11 Å². The number of hydrogen-bond donors (Lipinski definition) is 0. The predicted octanol–water partition coefficient (Wildman–Crippen LogP) is 5.74. The number of nitrogens with zero attached hydrogens (tertiary/aromatic N) is 1. The molecule has 0 radical (unpaired) electrons. The van der Waals surface area contributed by atoms with Gasteiger partial charge in [-0.1, -0.05) is 34.1 Å². The van der Waals surface area contributed by atoms with Crippen molar-refractivity contribution in [2.45, 2.75) is 0 Å². The summed E-state index contributed by atoms with van der Waals surface area (Å²) in [6.45, 7) is 0. The largest absolute Gasteiger partial charge is 0.496 e. The summed E-state index contributed by atoms with van der Waals surface area (Å²) in [5.41, 5.74) is 1.57. The average molecular weight is 370 g/mol. The zero-order valence-electron chi connectivity index (χ0n) is 11.8. The number of fused-ring (bicyclic) bond motifs is 1. The number of thiophene rings is 1. The van der Waals surface area contributed by atoms with Crippen LogP contribution in [0.1, 0.15) is 10.4 Å². The number of nitriles is 1. The van der Waals surface area contributed by atoms with Crippen molar-refractivity contribution in [3.05, 3.63) is 62.8 Å². The Morgan fingerprint density at radius 3 is 2.82 bits per heavy atom. The maximum Gasteiger partial charge on any atom is 0.126 e. The Morgan fingerprint density at radius 1 is 1.27 bits per heavy atom. The summed E-state index contributed by atoms with van der Waals surface area (Å²) in [7, 11) is 1.65. The van der Waals surface area contributed by atoms with E-state index in [0.717, 1.165) is 31.4 Å². The molecule has 0 atom stereocenters. The van der Waals surface area contributed by atoms with Gasteiger partial charge in [0.25, 0.3) is 0 Å². The van der Waals surface area contributed by atoms with Crippen molar-refractivity contribution in [3.8, 4) is 11.8 Å². The highest BCUT2D eigenvalue weighted by atomic mass is 79.9. The Labute approximate surface area is 141 Å². The first-order valence-electron chi connectivity index (χ1n) is 6.65. The van der Waals surface area contributed by atoms with Crippen LogP contribution < -0.4 is 4.74 Å². The molecule has 0 saturated heterocycles. The molecule has 0 fully saturated rings. The van der Waals surface area contributed by atoms with Crippen LogP contribution in [0.15, 0.2) is 52.3 Å². The minimum atomic E-state index is 0.642. The highest BCUT2D eigenvalue weighted by molar-refractivity contribution is 9.10. The molecule has 22 heavy (non-hydrogen) atoms. The number of rotatable bonds is 3. The minimum Gasteiger partial charge on any atom is -0.496 e. The van der Waals surface area contributed by atoms with Gasteiger partial charge >= 0.3 is 0 Å². The molecule has 0 unspecified atom stereocenters. The number of benzene rings is 2. The molecular weight excluding hydrogens is 358 g/mol. The summed E-state index contributed by atoms with van der Waals surface area (Å²) in [5.74, 6) is 0.763. The van der Waals surface area contributed by atoms with Crippen molar-refractivity contribution in [3.63, 3.8) is 0 Å². The van der Waals surface area contributed by atoms with Crippen LogP contribution >= 0.6 is 27.3 Å². The summed E-state index contributed by atoms with van der Waals surface area (Å²) in [5, 5.41) is 13.6. The second kappa shape index (κ2) is 6.35. The zero-order valence-corrected chi connectivity index (χ0v) is 14.2. The molecule has 0 bridgehead atoms. The smallest absolute Gasteiger partial charge is 0.126 e. The molecule has 3 rings (SSSR count).